The molecule has 1 saturated heterocycles. The number of piperidine rings is 1. The lowest BCUT2D eigenvalue weighted by atomic mass is 9.83. The second kappa shape index (κ2) is 5.71. The van der Waals surface area contributed by atoms with E-state index in [1.54, 1.807) is 0 Å². The fourth-order valence-corrected chi connectivity index (χ4v) is 4.62. The smallest absolute Gasteiger partial charge is 0.0599 e. The number of hydrogen-bond acceptors (Lipinski definition) is 3. The van der Waals surface area contributed by atoms with Crippen molar-refractivity contribution in [3.8, 4) is 0 Å². The van der Waals surface area contributed by atoms with Crippen LogP contribution in [-0.2, 0) is 4.74 Å². The number of ether oxygens (including phenoxy) is 1. The minimum atomic E-state index is 0.237. The van der Waals surface area contributed by atoms with Gasteiger partial charge in [-0.25, -0.2) is 0 Å². The van der Waals surface area contributed by atoms with Crippen molar-refractivity contribution in [2.24, 2.45) is 17.1 Å². The van der Waals surface area contributed by atoms with Crippen LogP contribution in [0.25, 0.3) is 0 Å². The molecule has 1 aliphatic carbocycles. The van der Waals surface area contributed by atoms with Crippen LogP contribution in [0.1, 0.15) is 53.4 Å². The first kappa shape index (κ1) is 15.3. The Bertz CT molecular complexity index is 297. The van der Waals surface area contributed by atoms with Crippen molar-refractivity contribution in [1.29, 1.82) is 0 Å². The van der Waals surface area contributed by atoms with Crippen molar-refractivity contribution in [2.75, 3.05) is 26.2 Å². The standard InChI is InChI=1S/C16H32N2O/c1-5-19-14-6-8-18(9-7-14)16(12-17)11-15(3,4)10-13(16)2/h13-14H,5-12,17H2,1-4H3. The third-order valence-corrected chi connectivity index (χ3v) is 5.39. The zero-order chi connectivity index (χ0) is 14.1. The van der Waals surface area contributed by atoms with E-state index in [2.05, 4.69) is 32.6 Å². The molecule has 2 N–H and O–H groups in total. The minimum Gasteiger partial charge on any atom is -0.378 e. The van der Waals surface area contributed by atoms with Crippen molar-refractivity contribution in [1.82, 2.24) is 4.90 Å². The van der Waals surface area contributed by atoms with Crippen LogP contribution in [0.5, 0.6) is 0 Å². The fourth-order valence-electron chi connectivity index (χ4n) is 4.62. The van der Waals surface area contributed by atoms with Crippen LogP contribution in [0.4, 0.5) is 0 Å². The highest BCUT2D eigenvalue weighted by atomic mass is 16.5. The first-order valence-electron chi connectivity index (χ1n) is 8.00. The summed E-state index contributed by atoms with van der Waals surface area (Å²) in [5.41, 5.74) is 6.91. The highest BCUT2D eigenvalue weighted by Crippen LogP contribution is 2.50. The topological polar surface area (TPSA) is 38.5 Å². The monoisotopic (exact) mass is 268 g/mol. The Balaban J connectivity index is 2.03. The molecule has 1 aliphatic heterocycles. The predicted molar refractivity (Wildman–Crippen MR) is 80.2 cm³/mol. The molecule has 1 heterocycles. The molecule has 112 valence electrons. The molecule has 0 spiro atoms. The third kappa shape index (κ3) is 2.98. The molecule has 0 radical (unpaired) electrons. The molecule has 2 atom stereocenters. The Morgan fingerprint density at radius 2 is 1.89 bits per heavy atom. The van der Waals surface area contributed by atoms with Crippen LogP contribution < -0.4 is 5.73 Å². The van der Waals surface area contributed by atoms with Crippen molar-refractivity contribution in [3.05, 3.63) is 0 Å². The molecule has 19 heavy (non-hydrogen) atoms. The molecule has 2 aliphatic rings. The molecular weight excluding hydrogens is 236 g/mol. The third-order valence-electron chi connectivity index (χ3n) is 5.39. The molecule has 0 amide bonds. The van der Waals surface area contributed by atoms with Gasteiger partial charge in [-0.15, -0.1) is 0 Å². The van der Waals surface area contributed by atoms with E-state index in [-0.39, 0.29) is 5.54 Å². The van der Waals surface area contributed by atoms with Crippen molar-refractivity contribution in [2.45, 2.75) is 65.0 Å². The predicted octanol–water partition coefficient (Wildman–Crippen LogP) is 2.64. The maximum absolute atomic E-state index is 6.23. The zero-order valence-corrected chi connectivity index (χ0v) is 13.2. The Morgan fingerprint density at radius 3 is 2.32 bits per heavy atom. The van der Waals surface area contributed by atoms with Gasteiger partial charge in [0.25, 0.3) is 0 Å². The summed E-state index contributed by atoms with van der Waals surface area (Å²) in [4.78, 5) is 2.68. The van der Waals surface area contributed by atoms with Gasteiger partial charge in [-0.3, -0.25) is 4.90 Å². The quantitative estimate of drug-likeness (QED) is 0.852. The van der Waals surface area contributed by atoms with Gasteiger partial charge in [0.1, 0.15) is 0 Å². The molecule has 0 aromatic rings. The van der Waals surface area contributed by atoms with E-state index < -0.39 is 0 Å². The van der Waals surface area contributed by atoms with Crippen LogP contribution in [0.3, 0.4) is 0 Å². The lowest BCUT2D eigenvalue weighted by Crippen LogP contribution is -2.58. The van der Waals surface area contributed by atoms with Crippen LogP contribution >= 0.6 is 0 Å². The Hall–Kier alpha value is -0.120. The van der Waals surface area contributed by atoms with E-state index >= 15 is 0 Å². The van der Waals surface area contributed by atoms with E-state index in [1.165, 1.54) is 25.7 Å². The second-order valence-corrected chi connectivity index (χ2v) is 7.40. The van der Waals surface area contributed by atoms with Gasteiger partial charge in [0.15, 0.2) is 0 Å². The van der Waals surface area contributed by atoms with Gasteiger partial charge in [-0.05, 0) is 43.9 Å². The molecule has 0 bridgehead atoms. The second-order valence-electron chi connectivity index (χ2n) is 7.40. The Kier molecular flexibility index (Phi) is 4.59. The molecule has 1 saturated carbocycles. The highest BCUT2D eigenvalue weighted by molar-refractivity contribution is 5.06. The van der Waals surface area contributed by atoms with Crippen molar-refractivity contribution >= 4 is 0 Å². The summed E-state index contributed by atoms with van der Waals surface area (Å²) in [7, 11) is 0. The van der Waals surface area contributed by atoms with Crippen LogP contribution in [-0.4, -0.2) is 42.8 Å². The normalized spacial score (nSPS) is 36.8. The average molecular weight is 268 g/mol. The van der Waals surface area contributed by atoms with Gasteiger partial charge in [0, 0.05) is 31.8 Å². The summed E-state index contributed by atoms with van der Waals surface area (Å²) < 4.78 is 5.77. The van der Waals surface area contributed by atoms with Gasteiger partial charge in [0.2, 0.25) is 0 Å². The van der Waals surface area contributed by atoms with Gasteiger partial charge in [-0.1, -0.05) is 20.8 Å². The SMILES string of the molecule is CCOC1CCN(C2(CN)CC(C)(C)CC2C)CC1. The number of rotatable bonds is 4. The summed E-state index contributed by atoms with van der Waals surface area (Å²) in [6.07, 6.45) is 5.36. The van der Waals surface area contributed by atoms with E-state index in [0.717, 1.165) is 26.2 Å². The molecule has 2 fully saturated rings. The molecule has 0 aromatic heterocycles. The first-order chi connectivity index (χ1) is 8.93. The summed E-state index contributed by atoms with van der Waals surface area (Å²) in [5.74, 6) is 0.705. The summed E-state index contributed by atoms with van der Waals surface area (Å²) in [5, 5.41) is 0. The Morgan fingerprint density at radius 1 is 1.26 bits per heavy atom. The van der Waals surface area contributed by atoms with Crippen molar-refractivity contribution in [3.63, 3.8) is 0 Å². The van der Waals surface area contributed by atoms with Gasteiger partial charge >= 0.3 is 0 Å². The Labute approximate surface area is 118 Å². The molecule has 2 unspecified atom stereocenters. The molecule has 3 heteroatoms. The molecule has 2 rings (SSSR count). The number of hydrogen-bond donors (Lipinski definition) is 1. The van der Waals surface area contributed by atoms with E-state index in [4.69, 9.17) is 10.5 Å². The van der Waals surface area contributed by atoms with Crippen LogP contribution in [0.2, 0.25) is 0 Å². The maximum Gasteiger partial charge on any atom is 0.0599 e. The first-order valence-corrected chi connectivity index (χ1v) is 8.00. The van der Waals surface area contributed by atoms with Gasteiger partial charge in [-0.2, -0.15) is 0 Å². The molecular formula is C16H32N2O. The summed E-state index contributed by atoms with van der Waals surface area (Å²) >= 11 is 0. The fraction of sp³-hybridized carbons (Fsp3) is 1.00. The highest BCUT2D eigenvalue weighted by Gasteiger charge is 2.51. The number of likely N-dealkylation sites (tertiary alicyclic amines) is 1. The van der Waals surface area contributed by atoms with E-state index in [9.17, 15) is 0 Å². The summed E-state index contributed by atoms with van der Waals surface area (Å²) in [6.45, 7) is 13.2. The van der Waals surface area contributed by atoms with Crippen molar-refractivity contribution < 1.29 is 4.74 Å². The average Bonchev–Trinajstić information content (AvgIpc) is 2.61. The number of nitrogens with two attached hydrogens (primary N) is 1. The van der Waals surface area contributed by atoms with Gasteiger partial charge in [0.05, 0.1) is 6.10 Å². The molecule has 0 aromatic carbocycles. The van der Waals surface area contributed by atoms with Crippen LogP contribution in [0, 0.1) is 11.3 Å². The van der Waals surface area contributed by atoms with E-state index in [0.29, 0.717) is 17.4 Å². The van der Waals surface area contributed by atoms with Crippen LogP contribution in [0.15, 0.2) is 0 Å². The lowest BCUT2D eigenvalue weighted by molar-refractivity contribution is -0.0290. The summed E-state index contributed by atoms with van der Waals surface area (Å²) in [6, 6.07) is 0. The lowest BCUT2D eigenvalue weighted by Gasteiger charge is -2.47. The maximum atomic E-state index is 6.23. The van der Waals surface area contributed by atoms with E-state index in [1.807, 2.05) is 0 Å². The number of nitrogens with zero attached hydrogens (tertiary/aromatic N) is 1. The largest absolute Gasteiger partial charge is 0.378 e. The van der Waals surface area contributed by atoms with Gasteiger partial charge < -0.3 is 10.5 Å². The minimum absolute atomic E-state index is 0.237. The zero-order valence-electron chi connectivity index (χ0n) is 13.2. The molecule has 3 nitrogen and oxygen atoms in total.